The zero-order valence-electron chi connectivity index (χ0n) is 38.1. The third-order valence-electron chi connectivity index (χ3n) is 10.8. The second-order valence-corrected chi connectivity index (χ2v) is 17.8. The summed E-state index contributed by atoms with van der Waals surface area (Å²) in [4.78, 5) is 120. The molecule has 0 radical (unpaired) electrons. The van der Waals surface area contributed by atoms with Gasteiger partial charge in [-0.2, -0.15) is 11.8 Å². The van der Waals surface area contributed by atoms with Gasteiger partial charge in [-0.15, -0.1) is 0 Å². The number of carbonyl (C=O) groups excluding carboxylic acids is 7. The molecule has 22 nitrogen and oxygen atoms in total. The summed E-state index contributed by atoms with van der Waals surface area (Å²) < 4.78 is 0. The number of aliphatic hydroxyl groups is 1. The third-order valence-corrected chi connectivity index (χ3v) is 11.5. The van der Waals surface area contributed by atoms with Crippen LogP contribution in [0.4, 0.5) is 0 Å². The summed E-state index contributed by atoms with van der Waals surface area (Å²) in [5.74, 6) is -8.42. The van der Waals surface area contributed by atoms with E-state index in [0.717, 1.165) is 0 Å². The molecule has 1 heterocycles. The van der Waals surface area contributed by atoms with Crippen molar-refractivity contribution in [3.8, 4) is 0 Å². The van der Waals surface area contributed by atoms with Crippen LogP contribution in [0.15, 0.2) is 0 Å². The summed E-state index contributed by atoms with van der Waals surface area (Å²) in [5.41, 5.74) is 17.1. The average Bonchev–Trinajstić information content (AvgIpc) is 3.73. The van der Waals surface area contributed by atoms with E-state index in [0.29, 0.717) is 50.9 Å². The van der Waals surface area contributed by atoms with Crippen LogP contribution >= 0.6 is 11.8 Å². The Morgan fingerprint density at radius 1 is 0.641 bits per heavy atom. The maximum Gasteiger partial charge on any atom is 0.326 e. The van der Waals surface area contributed by atoms with E-state index in [1.165, 1.54) is 23.6 Å². The number of carboxylic acids is 2. The minimum atomic E-state index is -1.72. The highest BCUT2D eigenvalue weighted by atomic mass is 32.2. The molecule has 7 amide bonds. The maximum absolute atomic E-state index is 14.0. The molecule has 0 aromatic carbocycles. The number of hydrogen-bond donors (Lipinski definition) is 12. The SMILES string of the molecule is CSCC[C@H](NC(=O)[C@@H](NC(=O)[C@H](CCC(=O)O)NC(=O)[C@H](CCCCN)NC(=O)[C@@H](N)C(C)C)[C@@H](C)O)C(=O)N[C@H](C(=O)N1CCC[C@H]1C(=O)N[C@@H](CCCCN)C(=O)O)C(C)C. The number of aliphatic hydroxyl groups excluding tert-OH is 1. The van der Waals surface area contributed by atoms with E-state index in [2.05, 4.69) is 31.9 Å². The number of carboxylic acid groups (broad SMARTS) is 2. The minimum absolute atomic E-state index is 0.0444. The number of amides is 7. The maximum atomic E-state index is 14.0. The first-order valence-corrected chi connectivity index (χ1v) is 23.4. The molecule has 1 aliphatic rings. The molecule has 0 unspecified atom stereocenters. The van der Waals surface area contributed by atoms with Gasteiger partial charge in [0.1, 0.15) is 42.3 Å². The van der Waals surface area contributed by atoms with E-state index in [4.69, 9.17) is 17.2 Å². The number of hydrogen-bond acceptors (Lipinski definition) is 14. The molecule has 0 aliphatic carbocycles. The van der Waals surface area contributed by atoms with Gasteiger partial charge in [-0.25, -0.2) is 4.79 Å². The molecule has 0 spiro atoms. The second kappa shape index (κ2) is 29.8. The fourth-order valence-electron chi connectivity index (χ4n) is 6.83. The molecule has 1 aliphatic heterocycles. The number of aliphatic carboxylic acids is 2. The topological polar surface area (TPSA) is 368 Å². The average molecular weight is 931 g/mol. The lowest BCUT2D eigenvalue weighted by molar-refractivity contribution is -0.145. The van der Waals surface area contributed by atoms with E-state index < -0.39 is 126 Å². The van der Waals surface area contributed by atoms with Crippen molar-refractivity contribution in [2.45, 2.75) is 160 Å². The Morgan fingerprint density at radius 3 is 1.64 bits per heavy atom. The zero-order valence-corrected chi connectivity index (χ0v) is 38.9. The summed E-state index contributed by atoms with van der Waals surface area (Å²) in [6, 6.07) is -10.0. The van der Waals surface area contributed by atoms with Crippen molar-refractivity contribution in [1.29, 1.82) is 0 Å². The van der Waals surface area contributed by atoms with Crippen LogP contribution in [0.2, 0.25) is 0 Å². The number of nitrogens with one attached hydrogen (secondary N) is 6. The molecule has 0 aromatic heterocycles. The van der Waals surface area contributed by atoms with Gasteiger partial charge in [-0.1, -0.05) is 27.7 Å². The van der Waals surface area contributed by atoms with Crippen LogP contribution in [0.3, 0.4) is 0 Å². The highest BCUT2D eigenvalue weighted by molar-refractivity contribution is 7.98. The van der Waals surface area contributed by atoms with Crippen LogP contribution in [0.1, 0.15) is 105 Å². The van der Waals surface area contributed by atoms with Gasteiger partial charge in [0.15, 0.2) is 0 Å². The number of nitrogens with zero attached hydrogens (tertiary/aromatic N) is 1. The highest BCUT2D eigenvalue weighted by Gasteiger charge is 2.41. The van der Waals surface area contributed by atoms with Crippen molar-refractivity contribution in [2.75, 3.05) is 31.6 Å². The van der Waals surface area contributed by atoms with Gasteiger partial charge < -0.3 is 69.3 Å². The van der Waals surface area contributed by atoms with Crippen molar-refractivity contribution < 1.29 is 58.5 Å². The zero-order chi connectivity index (χ0) is 48.7. The molecule has 1 fully saturated rings. The molecule has 15 N–H and O–H groups in total. The lowest BCUT2D eigenvalue weighted by atomic mass is 10.0. The van der Waals surface area contributed by atoms with E-state index in [1.54, 1.807) is 34.0 Å². The first-order valence-electron chi connectivity index (χ1n) is 22.0. The van der Waals surface area contributed by atoms with Gasteiger partial charge in [0.05, 0.1) is 12.1 Å². The van der Waals surface area contributed by atoms with Crippen LogP contribution in [0.5, 0.6) is 0 Å². The van der Waals surface area contributed by atoms with Gasteiger partial charge in [0, 0.05) is 13.0 Å². The molecular formula is C41H74N10O12S. The van der Waals surface area contributed by atoms with Crippen molar-refractivity contribution >= 4 is 65.1 Å². The van der Waals surface area contributed by atoms with Crippen LogP contribution in [0, 0.1) is 11.8 Å². The van der Waals surface area contributed by atoms with Crippen LogP contribution in [-0.4, -0.2) is 160 Å². The number of unbranched alkanes of at least 4 members (excludes halogenated alkanes) is 2. The number of carbonyl (C=O) groups is 9. The van der Waals surface area contributed by atoms with E-state index in [9.17, 15) is 58.5 Å². The molecule has 0 aromatic rings. The lowest BCUT2D eigenvalue weighted by Gasteiger charge is -2.32. The van der Waals surface area contributed by atoms with Gasteiger partial charge >= 0.3 is 11.9 Å². The van der Waals surface area contributed by atoms with Crippen molar-refractivity contribution in [2.24, 2.45) is 29.0 Å². The largest absolute Gasteiger partial charge is 0.481 e. The Hall–Kier alpha value is -4.58. The van der Waals surface area contributed by atoms with Gasteiger partial charge in [-0.05, 0) is 108 Å². The Morgan fingerprint density at radius 2 is 1.14 bits per heavy atom. The fourth-order valence-corrected chi connectivity index (χ4v) is 7.30. The Balaban J connectivity index is 3.30. The van der Waals surface area contributed by atoms with Gasteiger partial charge in [-0.3, -0.25) is 38.4 Å². The summed E-state index contributed by atoms with van der Waals surface area (Å²) in [6.07, 6.45) is 2.17. The first-order chi connectivity index (χ1) is 30.1. The lowest BCUT2D eigenvalue weighted by Crippen LogP contribution is -2.62. The van der Waals surface area contributed by atoms with Crippen molar-refractivity contribution in [3.05, 3.63) is 0 Å². The molecule has 1 saturated heterocycles. The predicted octanol–water partition coefficient (Wildman–Crippen LogP) is -2.13. The number of nitrogens with two attached hydrogens (primary N) is 3. The fraction of sp³-hybridized carbons (Fsp3) is 0.780. The minimum Gasteiger partial charge on any atom is -0.481 e. The Labute approximate surface area is 379 Å². The molecule has 0 bridgehead atoms. The molecule has 23 heteroatoms. The quantitative estimate of drug-likeness (QED) is 0.0330. The summed E-state index contributed by atoms with van der Waals surface area (Å²) >= 11 is 1.35. The second-order valence-electron chi connectivity index (χ2n) is 16.8. The highest BCUT2D eigenvalue weighted by Crippen LogP contribution is 2.21. The number of thioether (sulfide) groups is 1. The van der Waals surface area contributed by atoms with Crippen LogP contribution in [-0.2, 0) is 43.2 Å². The monoisotopic (exact) mass is 931 g/mol. The number of likely N-dealkylation sites (tertiary alicyclic amines) is 1. The van der Waals surface area contributed by atoms with Crippen molar-refractivity contribution in [1.82, 2.24) is 36.8 Å². The van der Waals surface area contributed by atoms with Crippen molar-refractivity contribution in [3.63, 3.8) is 0 Å². The third kappa shape index (κ3) is 19.7. The van der Waals surface area contributed by atoms with E-state index >= 15 is 0 Å². The smallest absolute Gasteiger partial charge is 0.326 e. The number of rotatable bonds is 31. The van der Waals surface area contributed by atoms with E-state index in [1.807, 2.05) is 0 Å². The normalized spacial score (nSPS) is 17.5. The standard InChI is InChI=1S/C41H74N10O12S/c1-22(2)31(44)38(59)46-25(12-7-9-18-42)34(55)45-26(15-16-30(53)54)35(56)50-33(24(5)52)39(60)47-27(17-21-64-6)36(57)49-32(23(3)4)40(61)51-20-11-14-29(51)37(58)48-28(41(62)63)13-8-10-19-43/h22-29,31-33,52H,7-21,42-44H2,1-6H3,(H,45,55)(H,46,59)(H,47,60)(H,48,58)(H,49,57)(H,50,56)(H,53,54)(H,62,63)/t24-,25+,26+,27+,28+,29+,31+,32+,33+/m1/s1. The molecule has 1 rings (SSSR count). The first kappa shape index (κ1) is 57.4. The molecule has 64 heavy (non-hydrogen) atoms. The summed E-state index contributed by atoms with van der Waals surface area (Å²) in [7, 11) is 0. The van der Waals surface area contributed by atoms with Gasteiger partial charge in [0.25, 0.3) is 0 Å². The summed E-state index contributed by atoms with van der Waals surface area (Å²) in [6.45, 7) is 8.84. The summed E-state index contributed by atoms with van der Waals surface area (Å²) in [5, 5.41) is 45.0. The Bertz CT molecular complexity index is 1570. The van der Waals surface area contributed by atoms with E-state index in [-0.39, 0.29) is 38.1 Å². The van der Waals surface area contributed by atoms with Gasteiger partial charge in [0.2, 0.25) is 41.4 Å². The molecule has 0 saturated carbocycles. The molecule has 9 atom stereocenters. The van der Waals surface area contributed by atoms with Crippen LogP contribution < -0.4 is 49.1 Å². The predicted molar refractivity (Wildman–Crippen MR) is 239 cm³/mol. The molecule has 366 valence electrons. The Kier molecular flexibility index (Phi) is 26.7. The molecular weight excluding hydrogens is 857 g/mol. The van der Waals surface area contributed by atoms with Crippen LogP contribution in [0.25, 0.3) is 0 Å².